The summed E-state index contributed by atoms with van der Waals surface area (Å²) < 4.78 is 11.5. The number of amides is 1. The maximum absolute atomic E-state index is 12.3. The Labute approximate surface area is 161 Å². The van der Waals surface area contributed by atoms with Crippen LogP contribution < -0.4 is 14.8 Å². The Morgan fingerprint density at radius 1 is 1.16 bits per heavy atom. The molecular weight excluding hydrogens is 408 g/mol. The minimum Gasteiger partial charge on any atom is -0.495 e. The van der Waals surface area contributed by atoms with E-state index in [2.05, 4.69) is 21.2 Å². The first-order valence-corrected chi connectivity index (χ1v) is 8.74. The molecule has 7 heteroatoms. The van der Waals surface area contributed by atoms with Gasteiger partial charge in [0, 0.05) is 23.2 Å². The van der Waals surface area contributed by atoms with Crippen molar-refractivity contribution >= 4 is 39.1 Å². The summed E-state index contributed by atoms with van der Waals surface area (Å²) in [4.78, 5) is 14.3. The highest BCUT2D eigenvalue weighted by atomic mass is 79.9. The number of benzene rings is 2. The van der Waals surface area contributed by atoms with Gasteiger partial charge in [0.15, 0.2) is 0 Å². The minimum absolute atomic E-state index is 0.151. The molecule has 0 aliphatic heterocycles. The number of methoxy groups -OCH3 is 2. The first kappa shape index (κ1) is 19.6. The Bertz CT molecular complexity index is 738. The van der Waals surface area contributed by atoms with Crippen molar-refractivity contribution < 1.29 is 14.3 Å². The number of halogens is 2. The number of nitrogens with zero attached hydrogens (tertiary/aromatic N) is 1. The maximum Gasteiger partial charge on any atom is 0.238 e. The van der Waals surface area contributed by atoms with Gasteiger partial charge in [-0.05, 0) is 24.7 Å². The van der Waals surface area contributed by atoms with E-state index in [1.807, 2.05) is 36.2 Å². The molecule has 0 radical (unpaired) electrons. The summed E-state index contributed by atoms with van der Waals surface area (Å²) >= 11 is 9.48. The summed E-state index contributed by atoms with van der Waals surface area (Å²) in [6.45, 7) is 0.909. The predicted octanol–water partition coefficient (Wildman–Crippen LogP) is 4.19. The van der Waals surface area contributed by atoms with Crippen LogP contribution in [0.3, 0.4) is 0 Å². The van der Waals surface area contributed by atoms with E-state index in [0.717, 1.165) is 10.0 Å². The van der Waals surface area contributed by atoms with Crippen molar-refractivity contribution in [1.82, 2.24) is 4.90 Å². The van der Waals surface area contributed by atoms with Crippen LogP contribution in [0, 0.1) is 0 Å². The number of nitrogens with one attached hydrogen (secondary N) is 1. The van der Waals surface area contributed by atoms with E-state index in [-0.39, 0.29) is 12.5 Å². The van der Waals surface area contributed by atoms with E-state index in [1.165, 1.54) is 14.2 Å². The smallest absolute Gasteiger partial charge is 0.238 e. The number of hydrogen-bond donors (Lipinski definition) is 1. The molecule has 1 N–H and O–H groups in total. The molecule has 134 valence electrons. The Morgan fingerprint density at radius 3 is 2.40 bits per heavy atom. The van der Waals surface area contributed by atoms with E-state index in [0.29, 0.717) is 28.8 Å². The zero-order valence-electron chi connectivity index (χ0n) is 14.3. The summed E-state index contributed by atoms with van der Waals surface area (Å²) in [6, 6.07) is 11.3. The van der Waals surface area contributed by atoms with Gasteiger partial charge in [0.25, 0.3) is 0 Å². The lowest BCUT2D eigenvalue weighted by atomic mass is 10.2. The molecule has 2 aromatic rings. The van der Waals surface area contributed by atoms with Gasteiger partial charge >= 0.3 is 0 Å². The SMILES string of the molecule is COc1cc(NC(=O)CN(C)Cc2ccc(Br)cc2)c(OC)cc1Cl. The number of carbonyl (C=O) groups excluding carboxylic acids is 1. The van der Waals surface area contributed by atoms with Crippen molar-refractivity contribution in [2.75, 3.05) is 33.1 Å². The molecule has 0 spiro atoms. The number of rotatable bonds is 7. The molecule has 0 atom stereocenters. The Balaban J connectivity index is 2.00. The van der Waals surface area contributed by atoms with Crippen LogP contribution in [-0.4, -0.2) is 38.6 Å². The molecule has 2 aromatic carbocycles. The van der Waals surface area contributed by atoms with Gasteiger partial charge in [0.05, 0.1) is 31.5 Å². The van der Waals surface area contributed by atoms with Crippen LogP contribution in [0.1, 0.15) is 5.56 Å². The lowest BCUT2D eigenvalue weighted by molar-refractivity contribution is -0.117. The Morgan fingerprint density at radius 2 is 1.80 bits per heavy atom. The molecule has 0 unspecified atom stereocenters. The third-order valence-corrected chi connectivity index (χ3v) is 4.35. The van der Waals surface area contributed by atoms with Gasteiger partial charge in [-0.15, -0.1) is 0 Å². The van der Waals surface area contributed by atoms with Crippen molar-refractivity contribution in [1.29, 1.82) is 0 Å². The molecular formula is C18H20BrClN2O3. The van der Waals surface area contributed by atoms with Gasteiger partial charge < -0.3 is 14.8 Å². The fraction of sp³-hybridized carbons (Fsp3) is 0.278. The average Bonchev–Trinajstić information content (AvgIpc) is 2.57. The molecule has 2 rings (SSSR count). The third-order valence-electron chi connectivity index (χ3n) is 3.53. The lowest BCUT2D eigenvalue weighted by Gasteiger charge is -2.18. The summed E-state index contributed by atoms with van der Waals surface area (Å²) in [7, 11) is 4.93. The van der Waals surface area contributed by atoms with Gasteiger partial charge in [-0.3, -0.25) is 9.69 Å². The lowest BCUT2D eigenvalue weighted by Crippen LogP contribution is -2.30. The first-order chi connectivity index (χ1) is 11.9. The highest BCUT2D eigenvalue weighted by Gasteiger charge is 2.14. The normalized spacial score (nSPS) is 10.6. The van der Waals surface area contributed by atoms with E-state index in [4.69, 9.17) is 21.1 Å². The van der Waals surface area contributed by atoms with Crippen molar-refractivity contribution in [2.45, 2.75) is 6.54 Å². The largest absolute Gasteiger partial charge is 0.495 e. The van der Waals surface area contributed by atoms with E-state index < -0.39 is 0 Å². The summed E-state index contributed by atoms with van der Waals surface area (Å²) in [5.74, 6) is 0.804. The van der Waals surface area contributed by atoms with Crippen LogP contribution in [0.5, 0.6) is 11.5 Å². The molecule has 0 aliphatic carbocycles. The quantitative estimate of drug-likeness (QED) is 0.720. The fourth-order valence-corrected chi connectivity index (χ4v) is 2.85. The summed E-state index contributed by atoms with van der Waals surface area (Å²) in [6.07, 6.45) is 0. The van der Waals surface area contributed by atoms with Crippen molar-refractivity contribution in [3.8, 4) is 11.5 Å². The molecule has 0 saturated carbocycles. The van der Waals surface area contributed by atoms with Crippen molar-refractivity contribution in [2.24, 2.45) is 0 Å². The molecule has 0 aromatic heterocycles. The third kappa shape index (κ3) is 5.63. The number of hydrogen-bond acceptors (Lipinski definition) is 4. The van der Waals surface area contributed by atoms with E-state index in [9.17, 15) is 4.79 Å². The van der Waals surface area contributed by atoms with Gasteiger partial charge in [-0.1, -0.05) is 39.7 Å². The van der Waals surface area contributed by atoms with Crippen molar-refractivity contribution in [3.05, 3.63) is 51.5 Å². The average molecular weight is 428 g/mol. The number of anilines is 1. The predicted molar refractivity (Wildman–Crippen MR) is 104 cm³/mol. The Kier molecular flexibility index (Phi) is 7.11. The standard InChI is InChI=1S/C18H20BrClN2O3/c1-22(10-12-4-6-13(19)7-5-12)11-18(23)21-15-9-16(24-2)14(20)8-17(15)25-3/h4-9H,10-11H2,1-3H3,(H,21,23). The van der Waals surface area contributed by atoms with Crippen LogP contribution in [-0.2, 0) is 11.3 Å². The van der Waals surface area contributed by atoms with Crippen LogP contribution in [0.25, 0.3) is 0 Å². The highest BCUT2D eigenvalue weighted by Crippen LogP contribution is 2.35. The van der Waals surface area contributed by atoms with Crippen molar-refractivity contribution in [3.63, 3.8) is 0 Å². The maximum atomic E-state index is 12.3. The molecule has 0 heterocycles. The second-order valence-corrected chi connectivity index (χ2v) is 6.86. The van der Waals surface area contributed by atoms with Gasteiger partial charge in [0.1, 0.15) is 11.5 Å². The fourth-order valence-electron chi connectivity index (χ4n) is 2.35. The van der Waals surface area contributed by atoms with Gasteiger partial charge in [-0.2, -0.15) is 0 Å². The van der Waals surface area contributed by atoms with E-state index in [1.54, 1.807) is 12.1 Å². The highest BCUT2D eigenvalue weighted by molar-refractivity contribution is 9.10. The second-order valence-electron chi connectivity index (χ2n) is 5.53. The first-order valence-electron chi connectivity index (χ1n) is 7.57. The zero-order valence-corrected chi connectivity index (χ0v) is 16.6. The molecule has 5 nitrogen and oxygen atoms in total. The zero-order chi connectivity index (χ0) is 18.4. The van der Waals surface area contributed by atoms with Gasteiger partial charge in [0.2, 0.25) is 5.91 Å². The molecule has 0 fully saturated rings. The van der Waals surface area contributed by atoms with Crippen LogP contribution in [0.4, 0.5) is 5.69 Å². The second kappa shape index (κ2) is 9.08. The van der Waals surface area contributed by atoms with Crippen LogP contribution >= 0.6 is 27.5 Å². The molecule has 0 saturated heterocycles. The molecule has 1 amide bonds. The van der Waals surface area contributed by atoms with E-state index >= 15 is 0 Å². The summed E-state index contributed by atoms with van der Waals surface area (Å²) in [5.41, 5.74) is 1.65. The number of ether oxygens (including phenoxy) is 2. The van der Waals surface area contributed by atoms with Crippen LogP contribution in [0.15, 0.2) is 40.9 Å². The molecule has 25 heavy (non-hydrogen) atoms. The monoisotopic (exact) mass is 426 g/mol. The number of carbonyl (C=O) groups is 1. The molecule has 0 bridgehead atoms. The molecule has 0 aliphatic rings. The summed E-state index contributed by atoms with van der Waals surface area (Å²) in [5, 5.41) is 3.26. The van der Waals surface area contributed by atoms with Gasteiger partial charge in [-0.25, -0.2) is 0 Å². The topological polar surface area (TPSA) is 50.8 Å². The van der Waals surface area contributed by atoms with Crippen LogP contribution in [0.2, 0.25) is 5.02 Å². The minimum atomic E-state index is -0.151. The Hall–Kier alpha value is -1.76. The number of likely N-dealkylation sites (N-methyl/N-ethyl adjacent to an activating group) is 1.